The zero-order valence-electron chi connectivity index (χ0n) is 17.8. The lowest BCUT2D eigenvalue weighted by atomic mass is 10.2. The average molecular weight is 492 g/mol. The third-order valence-electron chi connectivity index (χ3n) is 5.33. The van der Waals surface area contributed by atoms with Crippen LogP contribution in [0.4, 0.5) is 25.5 Å². The number of hydrogen-bond acceptors (Lipinski definition) is 8. The van der Waals surface area contributed by atoms with E-state index >= 15 is 4.39 Å². The Labute approximate surface area is 197 Å². The van der Waals surface area contributed by atoms with Crippen LogP contribution in [0.3, 0.4) is 0 Å². The highest BCUT2D eigenvalue weighted by atomic mass is 35.5. The Balaban J connectivity index is 1.51. The molecule has 172 valence electrons. The van der Waals surface area contributed by atoms with Crippen molar-refractivity contribution in [3.63, 3.8) is 0 Å². The molecule has 4 heterocycles. The molecule has 4 aromatic rings. The Kier molecular flexibility index (Phi) is 5.77. The van der Waals surface area contributed by atoms with E-state index in [2.05, 4.69) is 42.1 Å². The van der Waals surface area contributed by atoms with Gasteiger partial charge in [-0.05, 0) is 20.0 Å². The number of nitrogens with zero attached hydrogens (tertiary/aromatic N) is 5. The van der Waals surface area contributed by atoms with Crippen LogP contribution in [-0.2, 0) is 0 Å². The largest absolute Gasteiger partial charge is 0.421 e. The van der Waals surface area contributed by atoms with Crippen LogP contribution in [0, 0.1) is 18.6 Å². The molecule has 0 amide bonds. The predicted molar refractivity (Wildman–Crippen MR) is 125 cm³/mol. The minimum Gasteiger partial charge on any atom is -0.421 e. The number of thiazole rings is 1. The van der Waals surface area contributed by atoms with E-state index in [0.717, 1.165) is 32.2 Å². The minimum absolute atomic E-state index is 0.0902. The first kappa shape index (κ1) is 21.8. The van der Waals surface area contributed by atoms with E-state index in [1.165, 1.54) is 23.6 Å². The van der Waals surface area contributed by atoms with Crippen molar-refractivity contribution in [2.45, 2.75) is 6.92 Å². The summed E-state index contributed by atoms with van der Waals surface area (Å²) in [5.74, 6) is -0.596. The van der Waals surface area contributed by atoms with E-state index in [9.17, 15) is 4.39 Å². The molecule has 3 aromatic heterocycles. The van der Waals surface area contributed by atoms with Crippen molar-refractivity contribution in [1.29, 1.82) is 0 Å². The van der Waals surface area contributed by atoms with E-state index in [4.69, 9.17) is 16.3 Å². The molecule has 33 heavy (non-hydrogen) atoms. The summed E-state index contributed by atoms with van der Waals surface area (Å²) in [5.41, 5.74) is 0.731. The number of ether oxygens (including phenoxy) is 1. The van der Waals surface area contributed by atoms with Crippen LogP contribution >= 0.6 is 22.9 Å². The number of anilines is 3. The van der Waals surface area contributed by atoms with Crippen LogP contribution in [0.25, 0.3) is 10.9 Å². The summed E-state index contributed by atoms with van der Waals surface area (Å²) in [5, 5.41) is 3.72. The molecule has 0 spiro atoms. The first-order valence-corrected chi connectivity index (χ1v) is 11.4. The summed E-state index contributed by atoms with van der Waals surface area (Å²) in [4.78, 5) is 20.1. The standard InChI is InChI=1S/C21H20ClF2N7OS/c1-11-7-12-18(24)14(8-13(23)19(12)26-11)32-20-27-16(28-21-25-10-15(22)33-21)9-17(29-20)31-5-3-30(2)4-6-31/h7-10,26H,3-6H2,1-2H3,(H,25,27,28,29). The van der Waals surface area contributed by atoms with Crippen LogP contribution in [0.15, 0.2) is 24.4 Å². The predicted octanol–water partition coefficient (Wildman–Crippen LogP) is 4.94. The molecule has 8 nitrogen and oxygen atoms in total. The number of nitrogens with one attached hydrogen (secondary N) is 2. The van der Waals surface area contributed by atoms with Gasteiger partial charge in [0.2, 0.25) is 0 Å². The molecule has 0 aliphatic carbocycles. The quantitative estimate of drug-likeness (QED) is 0.409. The molecule has 1 fully saturated rings. The fraction of sp³-hybridized carbons (Fsp3) is 0.286. The van der Waals surface area contributed by atoms with E-state index < -0.39 is 11.6 Å². The van der Waals surface area contributed by atoms with Crippen LogP contribution in [0.1, 0.15) is 5.69 Å². The van der Waals surface area contributed by atoms with Gasteiger partial charge in [-0.3, -0.25) is 0 Å². The molecule has 1 saturated heterocycles. The van der Waals surface area contributed by atoms with Gasteiger partial charge in [-0.15, -0.1) is 0 Å². The van der Waals surface area contributed by atoms with Gasteiger partial charge in [0.1, 0.15) is 16.0 Å². The third kappa shape index (κ3) is 4.56. The second kappa shape index (κ2) is 8.73. The molecule has 0 bridgehead atoms. The molecule has 0 unspecified atom stereocenters. The average Bonchev–Trinajstić information content (AvgIpc) is 3.37. The maximum atomic E-state index is 15.1. The zero-order chi connectivity index (χ0) is 23.1. The Hall–Kier alpha value is -3.02. The number of hydrogen-bond donors (Lipinski definition) is 2. The molecule has 0 atom stereocenters. The van der Waals surface area contributed by atoms with Gasteiger partial charge in [0.05, 0.1) is 11.7 Å². The van der Waals surface area contributed by atoms with Gasteiger partial charge in [-0.1, -0.05) is 22.9 Å². The van der Waals surface area contributed by atoms with Crippen molar-refractivity contribution in [3.05, 3.63) is 46.1 Å². The van der Waals surface area contributed by atoms with Gasteiger partial charge in [0.15, 0.2) is 22.5 Å². The van der Waals surface area contributed by atoms with Gasteiger partial charge in [-0.25, -0.2) is 13.8 Å². The maximum Gasteiger partial charge on any atom is 0.326 e. The number of aromatic amines is 1. The normalized spacial score (nSPS) is 14.8. The first-order chi connectivity index (χ1) is 15.9. The van der Waals surface area contributed by atoms with Crippen molar-refractivity contribution in [3.8, 4) is 11.8 Å². The molecule has 0 radical (unpaired) electrons. The fourth-order valence-corrected chi connectivity index (χ4v) is 4.47. The maximum absolute atomic E-state index is 15.1. The van der Waals surface area contributed by atoms with Crippen molar-refractivity contribution in [1.82, 2.24) is 24.8 Å². The number of rotatable bonds is 5. The van der Waals surface area contributed by atoms with E-state index in [1.54, 1.807) is 13.0 Å². The number of fused-ring (bicyclic) bond motifs is 1. The smallest absolute Gasteiger partial charge is 0.326 e. The summed E-state index contributed by atoms with van der Waals surface area (Å²) in [6, 6.07) is 4.18. The summed E-state index contributed by atoms with van der Waals surface area (Å²) < 4.78 is 35.8. The fourth-order valence-electron chi connectivity index (χ4n) is 3.65. The number of aryl methyl sites for hydroxylation is 1. The van der Waals surface area contributed by atoms with Crippen LogP contribution in [-0.4, -0.2) is 58.1 Å². The van der Waals surface area contributed by atoms with Gasteiger partial charge in [0, 0.05) is 49.4 Å². The Morgan fingerprint density at radius 1 is 1.15 bits per heavy atom. The van der Waals surface area contributed by atoms with E-state index in [1.807, 2.05) is 0 Å². The molecule has 12 heteroatoms. The van der Waals surface area contributed by atoms with Gasteiger partial charge >= 0.3 is 6.01 Å². The lowest BCUT2D eigenvalue weighted by Gasteiger charge is -2.33. The summed E-state index contributed by atoms with van der Waals surface area (Å²) in [7, 11) is 2.06. The molecule has 1 aliphatic rings. The lowest BCUT2D eigenvalue weighted by Crippen LogP contribution is -2.44. The zero-order valence-corrected chi connectivity index (χ0v) is 19.4. The van der Waals surface area contributed by atoms with E-state index in [-0.39, 0.29) is 22.7 Å². The topological polar surface area (TPSA) is 82.2 Å². The van der Waals surface area contributed by atoms with E-state index in [0.29, 0.717) is 26.8 Å². The molecule has 5 rings (SSSR count). The number of piperazine rings is 1. The van der Waals surface area contributed by atoms with Gasteiger partial charge < -0.3 is 24.8 Å². The van der Waals surface area contributed by atoms with Crippen LogP contribution < -0.4 is 15.0 Å². The first-order valence-electron chi connectivity index (χ1n) is 10.2. The molecular weight excluding hydrogens is 472 g/mol. The molecule has 2 N–H and O–H groups in total. The Morgan fingerprint density at radius 2 is 1.94 bits per heavy atom. The monoisotopic (exact) mass is 491 g/mol. The van der Waals surface area contributed by atoms with Gasteiger partial charge in [0.25, 0.3) is 0 Å². The van der Waals surface area contributed by atoms with Gasteiger partial charge in [-0.2, -0.15) is 9.97 Å². The van der Waals surface area contributed by atoms with Crippen molar-refractivity contribution < 1.29 is 13.5 Å². The second-order valence-corrected chi connectivity index (χ2v) is 9.45. The highest BCUT2D eigenvalue weighted by Crippen LogP contribution is 2.33. The number of aromatic nitrogens is 4. The molecule has 1 aliphatic heterocycles. The highest BCUT2D eigenvalue weighted by molar-refractivity contribution is 7.19. The van der Waals surface area contributed by atoms with Crippen LogP contribution in [0.5, 0.6) is 11.8 Å². The number of benzene rings is 1. The summed E-state index contributed by atoms with van der Waals surface area (Å²) in [6.45, 7) is 4.98. The number of likely N-dealkylation sites (N-methyl/N-ethyl adjacent to an activating group) is 1. The molecular formula is C21H20ClF2N7OS. The minimum atomic E-state index is -0.689. The highest BCUT2D eigenvalue weighted by Gasteiger charge is 2.21. The SMILES string of the molecule is Cc1cc2c(F)c(Oc3nc(Nc4ncc(Cl)s4)cc(N4CCN(C)CC4)n3)cc(F)c2[nH]1. The van der Waals surface area contributed by atoms with Crippen LogP contribution in [0.2, 0.25) is 4.34 Å². The number of H-pyrrole nitrogens is 1. The molecule has 0 saturated carbocycles. The van der Waals surface area contributed by atoms with Crippen molar-refractivity contribution in [2.24, 2.45) is 0 Å². The van der Waals surface area contributed by atoms with Crippen molar-refractivity contribution >= 4 is 50.6 Å². The Morgan fingerprint density at radius 3 is 2.67 bits per heavy atom. The summed E-state index contributed by atoms with van der Waals surface area (Å²) >= 11 is 7.23. The third-order valence-corrected chi connectivity index (χ3v) is 6.37. The molecule has 1 aromatic carbocycles. The summed E-state index contributed by atoms with van der Waals surface area (Å²) in [6.07, 6.45) is 1.53. The second-order valence-electron chi connectivity index (χ2n) is 7.79. The Bertz CT molecular complexity index is 1320. The number of halogens is 3. The van der Waals surface area contributed by atoms with Crippen molar-refractivity contribution in [2.75, 3.05) is 43.4 Å². The lowest BCUT2D eigenvalue weighted by molar-refractivity contribution is 0.311.